The monoisotopic (exact) mass is 432 g/mol. The van der Waals surface area contributed by atoms with Crippen molar-refractivity contribution in [3.8, 4) is 17.1 Å². The number of nitrogens with zero attached hydrogens (tertiary/aromatic N) is 3. The van der Waals surface area contributed by atoms with E-state index in [9.17, 15) is 4.79 Å². The Kier molecular flexibility index (Phi) is 5.14. The summed E-state index contributed by atoms with van der Waals surface area (Å²) in [5, 5.41) is 5.06. The van der Waals surface area contributed by atoms with Crippen LogP contribution < -0.4 is 4.74 Å². The molecule has 0 saturated carbocycles. The summed E-state index contributed by atoms with van der Waals surface area (Å²) in [6.07, 6.45) is -0.472. The number of rotatable bonds is 4. The zero-order chi connectivity index (χ0) is 22.2. The molecule has 3 heterocycles. The van der Waals surface area contributed by atoms with Gasteiger partial charge in [-0.15, -0.1) is 0 Å². The van der Waals surface area contributed by atoms with Crippen LogP contribution in [0.15, 0.2) is 47.0 Å². The molecule has 164 valence electrons. The lowest BCUT2D eigenvalue weighted by Gasteiger charge is -2.31. The molecule has 0 bridgehead atoms. The SMILES string of the molecule is COc1ccc(-c2noc([C@@H]3CN(C(=O)c4cccc5[nH]c(C)c(C)c45)CCO3)n2)cc1. The van der Waals surface area contributed by atoms with Gasteiger partial charge in [-0.1, -0.05) is 11.2 Å². The smallest absolute Gasteiger partial charge is 0.257 e. The minimum atomic E-state index is -0.472. The molecule has 8 heteroatoms. The number of carbonyl (C=O) groups excluding carboxylic acids is 1. The van der Waals surface area contributed by atoms with Gasteiger partial charge in [-0.2, -0.15) is 4.98 Å². The minimum absolute atomic E-state index is 0.0270. The molecule has 0 aliphatic carbocycles. The maximum atomic E-state index is 13.4. The van der Waals surface area contributed by atoms with Gasteiger partial charge in [-0.05, 0) is 55.8 Å². The Labute approximate surface area is 185 Å². The average molecular weight is 432 g/mol. The first-order valence-electron chi connectivity index (χ1n) is 10.5. The number of aromatic nitrogens is 3. The van der Waals surface area contributed by atoms with E-state index in [0.717, 1.165) is 33.5 Å². The van der Waals surface area contributed by atoms with Gasteiger partial charge in [0.05, 0.1) is 20.3 Å². The van der Waals surface area contributed by atoms with Gasteiger partial charge in [0.2, 0.25) is 5.82 Å². The van der Waals surface area contributed by atoms with E-state index in [1.165, 1.54) is 0 Å². The van der Waals surface area contributed by atoms with E-state index in [1.807, 2.05) is 56.3 Å². The van der Waals surface area contributed by atoms with Crippen LogP contribution in [0.3, 0.4) is 0 Å². The van der Waals surface area contributed by atoms with Gasteiger partial charge in [0.1, 0.15) is 5.75 Å². The Morgan fingerprint density at radius 2 is 2.00 bits per heavy atom. The lowest BCUT2D eigenvalue weighted by atomic mass is 10.0. The second kappa shape index (κ2) is 8.12. The second-order valence-electron chi connectivity index (χ2n) is 7.90. The van der Waals surface area contributed by atoms with E-state index in [4.69, 9.17) is 14.0 Å². The third-order valence-corrected chi connectivity index (χ3v) is 5.97. The first kappa shape index (κ1) is 20.3. The predicted octanol–water partition coefficient (Wildman–Crippen LogP) is 4.06. The molecule has 0 radical (unpaired) electrons. The number of carbonyl (C=O) groups is 1. The van der Waals surface area contributed by atoms with Crippen LogP contribution in [0.5, 0.6) is 5.75 Å². The Hall–Kier alpha value is -3.65. The number of nitrogens with one attached hydrogen (secondary N) is 1. The number of aromatic amines is 1. The van der Waals surface area contributed by atoms with E-state index < -0.39 is 6.10 Å². The van der Waals surface area contributed by atoms with E-state index >= 15 is 0 Å². The fourth-order valence-electron chi connectivity index (χ4n) is 4.10. The number of fused-ring (bicyclic) bond motifs is 1. The number of ether oxygens (including phenoxy) is 2. The number of methoxy groups -OCH3 is 1. The molecule has 1 amide bonds. The molecule has 0 unspecified atom stereocenters. The highest BCUT2D eigenvalue weighted by Crippen LogP contribution is 2.29. The molecule has 1 aliphatic heterocycles. The Morgan fingerprint density at radius 3 is 2.78 bits per heavy atom. The number of amides is 1. The summed E-state index contributed by atoms with van der Waals surface area (Å²) in [6.45, 7) is 5.31. The summed E-state index contributed by atoms with van der Waals surface area (Å²) in [5.74, 6) is 1.56. The van der Waals surface area contributed by atoms with Crippen LogP contribution in [0.4, 0.5) is 0 Å². The highest BCUT2D eigenvalue weighted by Gasteiger charge is 2.31. The third-order valence-electron chi connectivity index (χ3n) is 5.97. The Balaban J connectivity index is 1.37. The zero-order valence-electron chi connectivity index (χ0n) is 18.2. The molecular weight excluding hydrogens is 408 g/mol. The van der Waals surface area contributed by atoms with Gasteiger partial charge in [0, 0.05) is 34.3 Å². The van der Waals surface area contributed by atoms with Crippen molar-refractivity contribution >= 4 is 16.8 Å². The molecule has 1 N–H and O–H groups in total. The van der Waals surface area contributed by atoms with Crippen LogP contribution in [0, 0.1) is 13.8 Å². The summed E-state index contributed by atoms with van der Waals surface area (Å²) in [7, 11) is 1.62. The summed E-state index contributed by atoms with van der Waals surface area (Å²) in [6, 6.07) is 13.2. The van der Waals surface area contributed by atoms with Gasteiger partial charge in [-0.3, -0.25) is 4.79 Å². The van der Waals surface area contributed by atoms with Crippen molar-refractivity contribution in [2.24, 2.45) is 0 Å². The summed E-state index contributed by atoms with van der Waals surface area (Å²) in [4.78, 5) is 23.1. The molecule has 8 nitrogen and oxygen atoms in total. The first-order chi connectivity index (χ1) is 15.5. The van der Waals surface area contributed by atoms with Crippen molar-refractivity contribution in [3.63, 3.8) is 0 Å². The molecule has 1 fully saturated rings. The zero-order valence-corrected chi connectivity index (χ0v) is 18.2. The predicted molar refractivity (Wildman–Crippen MR) is 119 cm³/mol. The number of hydrogen-bond donors (Lipinski definition) is 1. The van der Waals surface area contributed by atoms with Crippen LogP contribution in [0.1, 0.15) is 33.6 Å². The number of aryl methyl sites for hydroxylation is 2. The van der Waals surface area contributed by atoms with Crippen molar-refractivity contribution in [1.29, 1.82) is 0 Å². The van der Waals surface area contributed by atoms with Crippen LogP contribution in [-0.4, -0.2) is 52.7 Å². The number of morpholine rings is 1. The van der Waals surface area contributed by atoms with Gasteiger partial charge < -0.3 is 23.9 Å². The molecule has 5 rings (SSSR count). The van der Waals surface area contributed by atoms with Crippen LogP contribution in [-0.2, 0) is 4.74 Å². The van der Waals surface area contributed by atoms with E-state index in [1.54, 1.807) is 12.0 Å². The maximum absolute atomic E-state index is 13.4. The van der Waals surface area contributed by atoms with Gasteiger partial charge in [-0.25, -0.2) is 0 Å². The molecule has 1 aliphatic rings. The van der Waals surface area contributed by atoms with Crippen molar-refractivity contribution in [2.45, 2.75) is 20.0 Å². The van der Waals surface area contributed by atoms with Gasteiger partial charge in [0.25, 0.3) is 11.8 Å². The van der Waals surface area contributed by atoms with Crippen molar-refractivity contribution < 1.29 is 18.8 Å². The second-order valence-corrected chi connectivity index (χ2v) is 7.90. The number of hydrogen-bond acceptors (Lipinski definition) is 6. The molecular formula is C24H24N4O4. The van der Waals surface area contributed by atoms with Crippen LogP contribution >= 0.6 is 0 Å². The molecule has 2 aromatic heterocycles. The fourth-order valence-corrected chi connectivity index (χ4v) is 4.10. The summed E-state index contributed by atoms with van der Waals surface area (Å²) < 4.78 is 16.5. The standard InChI is InChI=1S/C24H24N4O4/c1-14-15(2)25-19-6-4-5-18(21(14)19)24(29)28-11-12-31-20(13-28)23-26-22(27-32-23)16-7-9-17(30-3)10-8-16/h4-10,20,25H,11-13H2,1-3H3/t20-/m0/s1. The molecule has 4 aromatic rings. The maximum Gasteiger partial charge on any atom is 0.257 e. The summed E-state index contributed by atoms with van der Waals surface area (Å²) in [5.41, 5.74) is 4.63. The first-order valence-corrected chi connectivity index (χ1v) is 10.5. The molecule has 32 heavy (non-hydrogen) atoms. The normalized spacial score (nSPS) is 16.5. The Morgan fingerprint density at radius 1 is 1.19 bits per heavy atom. The van der Waals surface area contributed by atoms with Crippen LogP contribution in [0.2, 0.25) is 0 Å². The van der Waals surface area contributed by atoms with Crippen molar-refractivity contribution in [3.05, 3.63) is 65.2 Å². The molecule has 0 spiro atoms. The third kappa shape index (κ3) is 3.52. The van der Waals surface area contributed by atoms with Crippen LogP contribution in [0.25, 0.3) is 22.3 Å². The largest absolute Gasteiger partial charge is 0.497 e. The lowest BCUT2D eigenvalue weighted by molar-refractivity contribution is -0.0366. The van der Waals surface area contributed by atoms with Crippen molar-refractivity contribution in [1.82, 2.24) is 20.0 Å². The van der Waals surface area contributed by atoms with E-state index in [2.05, 4.69) is 15.1 Å². The number of H-pyrrole nitrogens is 1. The molecule has 1 atom stereocenters. The fraction of sp³-hybridized carbons (Fsp3) is 0.292. The average Bonchev–Trinajstić information content (AvgIpc) is 3.44. The van der Waals surface area contributed by atoms with E-state index in [-0.39, 0.29) is 5.91 Å². The quantitative estimate of drug-likeness (QED) is 0.523. The minimum Gasteiger partial charge on any atom is -0.497 e. The Bertz CT molecular complexity index is 1280. The molecule has 1 saturated heterocycles. The van der Waals surface area contributed by atoms with Crippen molar-refractivity contribution in [2.75, 3.05) is 26.8 Å². The number of benzene rings is 2. The van der Waals surface area contributed by atoms with Gasteiger partial charge >= 0.3 is 0 Å². The molecule has 2 aromatic carbocycles. The lowest BCUT2D eigenvalue weighted by Crippen LogP contribution is -2.42. The summed E-state index contributed by atoms with van der Waals surface area (Å²) >= 11 is 0. The highest BCUT2D eigenvalue weighted by atomic mass is 16.5. The van der Waals surface area contributed by atoms with E-state index in [0.29, 0.717) is 37.0 Å². The van der Waals surface area contributed by atoms with Gasteiger partial charge in [0.15, 0.2) is 6.10 Å². The topological polar surface area (TPSA) is 93.5 Å². The highest BCUT2D eigenvalue weighted by molar-refractivity contribution is 6.08.